The van der Waals surface area contributed by atoms with E-state index in [-0.39, 0.29) is 6.61 Å². The maximum atomic E-state index is 10.9. The van der Waals surface area contributed by atoms with Crippen LogP contribution in [0.1, 0.15) is 6.92 Å². The van der Waals surface area contributed by atoms with Gasteiger partial charge in [0.25, 0.3) is 0 Å². The maximum Gasteiger partial charge on any atom is 0.329 e. The molecule has 0 spiro atoms. The molecule has 1 aliphatic heterocycles. The lowest BCUT2D eigenvalue weighted by molar-refractivity contribution is -0.256. The summed E-state index contributed by atoms with van der Waals surface area (Å²) >= 11 is 0. The zero-order chi connectivity index (χ0) is 14.6. The molecule has 19 heavy (non-hydrogen) atoms. The van der Waals surface area contributed by atoms with Crippen LogP contribution >= 0.6 is 0 Å². The summed E-state index contributed by atoms with van der Waals surface area (Å²) in [4.78, 5) is 21.1. The number of ether oxygens (including phenoxy) is 2. The van der Waals surface area contributed by atoms with Crippen molar-refractivity contribution >= 4 is 11.9 Å². The molecule has 0 aliphatic carbocycles. The number of hydrogen-bond donors (Lipinski definition) is 5. The molecule has 1 rings (SSSR count). The molecule has 5 N–H and O–H groups in total. The number of hydrogen-bond acceptors (Lipinski definition) is 7. The standard InChI is InChI=1S/C10H17NO8/c1-4(12)11-7-9(16)8(15)5(19-10(7)17)2-18-3-6(13)14/h5,7-10,15-17H,2-3H2,1H3,(H,11,12)(H,13,14)/t5-,7-,8-,9-,10?/m1/s1. The Kier molecular flexibility index (Phi) is 5.63. The van der Waals surface area contributed by atoms with Crippen molar-refractivity contribution in [1.82, 2.24) is 5.32 Å². The molecule has 0 bridgehead atoms. The number of rotatable bonds is 5. The largest absolute Gasteiger partial charge is 0.480 e. The molecule has 1 heterocycles. The number of carboxylic acids is 1. The molecular formula is C10H17NO8. The van der Waals surface area contributed by atoms with Crippen molar-refractivity contribution < 1.29 is 39.5 Å². The lowest BCUT2D eigenvalue weighted by atomic mass is 9.97. The van der Waals surface area contributed by atoms with Crippen molar-refractivity contribution in [1.29, 1.82) is 0 Å². The summed E-state index contributed by atoms with van der Waals surface area (Å²) in [6.45, 7) is 0.288. The molecule has 1 unspecified atom stereocenters. The van der Waals surface area contributed by atoms with E-state index in [0.717, 1.165) is 0 Å². The van der Waals surface area contributed by atoms with E-state index < -0.39 is 49.1 Å². The minimum atomic E-state index is -1.53. The summed E-state index contributed by atoms with van der Waals surface area (Å²) in [6, 6.07) is -1.16. The highest BCUT2D eigenvalue weighted by Crippen LogP contribution is 2.20. The third kappa shape index (κ3) is 4.40. The van der Waals surface area contributed by atoms with Crippen molar-refractivity contribution in [2.75, 3.05) is 13.2 Å². The van der Waals surface area contributed by atoms with Crippen molar-refractivity contribution in [2.24, 2.45) is 0 Å². The summed E-state index contributed by atoms with van der Waals surface area (Å²) in [5.41, 5.74) is 0. The fraction of sp³-hybridized carbons (Fsp3) is 0.800. The number of aliphatic hydroxyl groups excluding tert-OH is 3. The van der Waals surface area contributed by atoms with Gasteiger partial charge in [0.15, 0.2) is 6.29 Å². The van der Waals surface area contributed by atoms with E-state index >= 15 is 0 Å². The Morgan fingerprint density at radius 3 is 2.42 bits per heavy atom. The maximum absolute atomic E-state index is 10.9. The highest BCUT2D eigenvalue weighted by molar-refractivity contribution is 5.73. The predicted octanol–water partition coefficient (Wildman–Crippen LogP) is -2.97. The lowest BCUT2D eigenvalue weighted by Gasteiger charge is -2.40. The monoisotopic (exact) mass is 279 g/mol. The summed E-state index contributed by atoms with van der Waals surface area (Å²) in [7, 11) is 0. The number of carboxylic acid groups (broad SMARTS) is 1. The first kappa shape index (κ1) is 15.8. The molecular weight excluding hydrogens is 262 g/mol. The molecule has 0 saturated carbocycles. The Morgan fingerprint density at radius 2 is 1.89 bits per heavy atom. The van der Waals surface area contributed by atoms with E-state index in [0.29, 0.717) is 0 Å². The second kappa shape index (κ2) is 6.78. The minimum absolute atomic E-state index is 0.311. The third-order valence-electron chi connectivity index (χ3n) is 2.60. The molecule has 110 valence electrons. The van der Waals surface area contributed by atoms with Gasteiger partial charge in [-0.25, -0.2) is 4.79 Å². The fourth-order valence-electron chi connectivity index (χ4n) is 1.74. The van der Waals surface area contributed by atoms with Crippen LogP contribution in [0.5, 0.6) is 0 Å². The van der Waals surface area contributed by atoms with E-state index in [4.69, 9.17) is 14.6 Å². The van der Waals surface area contributed by atoms with Gasteiger partial charge in [-0.1, -0.05) is 0 Å². The quantitative estimate of drug-likeness (QED) is 0.358. The van der Waals surface area contributed by atoms with Crippen LogP contribution in [-0.4, -0.2) is 76.2 Å². The normalized spacial score (nSPS) is 34.8. The van der Waals surface area contributed by atoms with E-state index in [9.17, 15) is 24.9 Å². The molecule has 0 radical (unpaired) electrons. The van der Waals surface area contributed by atoms with E-state index in [2.05, 4.69) is 5.32 Å². The average Bonchev–Trinajstić information content (AvgIpc) is 2.30. The van der Waals surface area contributed by atoms with Gasteiger partial charge in [-0.15, -0.1) is 0 Å². The number of carbonyl (C=O) groups excluding carboxylic acids is 1. The number of carbonyl (C=O) groups is 2. The summed E-state index contributed by atoms with van der Waals surface area (Å²) in [6.07, 6.45) is -5.49. The SMILES string of the molecule is CC(=O)N[C@H]1C(O)O[C@H](COCC(=O)O)[C@@H](O)[C@@H]1O. The van der Waals surface area contributed by atoms with Crippen LogP contribution in [0.25, 0.3) is 0 Å². The molecule has 9 heteroatoms. The zero-order valence-electron chi connectivity index (χ0n) is 10.2. The highest BCUT2D eigenvalue weighted by Gasteiger charge is 2.44. The van der Waals surface area contributed by atoms with Crippen LogP contribution in [0.15, 0.2) is 0 Å². The van der Waals surface area contributed by atoms with Crippen molar-refractivity contribution in [3.63, 3.8) is 0 Å². The van der Waals surface area contributed by atoms with Gasteiger partial charge in [-0.3, -0.25) is 4.79 Å². The molecule has 0 aromatic heterocycles. The topological polar surface area (TPSA) is 146 Å². The van der Waals surface area contributed by atoms with Crippen LogP contribution in [0, 0.1) is 0 Å². The number of aliphatic carboxylic acids is 1. The van der Waals surface area contributed by atoms with Crippen LogP contribution in [0.3, 0.4) is 0 Å². The third-order valence-corrected chi connectivity index (χ3v) is 2.60. The summed E-state index contributed by atoms with van der Waals surface area (Å²) in [5.74, 6) is -1.69. The molecule has 1 aliphatic rings. The zero-order valence-corrected chi connectivity index (χ0v) is 10.2. The Hall–Kier alpha value is -1.26. The average molecular weight is 279 g/mol. The second-order valence-corrected chi connectivity index (χ2v) is 4.18. The summed E-state index contributed by atoms with van der Waals surface area (Å²) < 4.78 is 9.70. The van der Waals surface area contributed by atoms with E-state index in [1.165, 1.54) is 6.92 Å². The molecule has 1 amide bonds. The predicted molar refractivity (Wildman–Crippen MR) is 59.0 cm³/mol. The van der Waals surface area contributed by atoms with Crippen LogP contribution < -0.4 is 5.32 Å². The van der Waals surface area contributed by atoms with Crippen LogP contribution in [0.2, 0.25) is 0 Å². The second-order valence-electron chi connectivity index (χ2n) is 4.18. The number of amides is 1. The van der Waals surface area contributed by atoms with Crippen molar-refractivity contribution in [2.45, 2.75) is 37.6 Å². The molecule has 0 aromatic carbocycles. The van der Waals surface area contributed by atoms with Crippen molar-refractivity contribution in [3.05, 3.63) is 0 Å². The van der Waals surface area contributed by atoms with E-state index in [1.807, 2.05) is 0 Å². The van der Waals surface area contributed by atoms with Gasteiger partial charge in [0.2, 0.25) is 5.91 Å². The van der Waals surface area contributed by atoms with Gasteiger partial charge in [0.1, 0.15) is 31.0 Å². The smallest absolute Gasteiger partial charge is 0.329 e. The van der Waals surface area contributed by atoms with Gasteiger partial charge in [-0.05, 0) is 0 Å². The molecule has 1 fully saturated rings. The molecule has 1 saturated heterocycles. The Morgan fingerprint density at radius 1 is 1.26 bits per heavy atom. The molecule has 5 atom stereocenters. The van der Waals surface area contributed by atoms with Crippen molar-refractivity contribution in [3.8, 4) is 0 Å². The van der Waals surface area contributed by atoms with E-state index in [1.54, 1.807) is 0 Å². The first-order chi connectivity index (χ1) is 8.82. The van der Waals surface area contributed by atoms with Gasteiger partial charge in [0.05, 0.1) is 6.61 Å². The van der Waals surface area contributed by atoms with Gasteiger partial charge < -0.3 is 35.2 Å². The van der Waals surface area contributed by atoms with Crippen LogP contribution in [0.4, 0.5) is 0 Å². The molecule has 0 aromatic rings. The number of nitrogens with one attached hydrogen (secondary N) is 1. The summed E-state index contributed by atoms with van der Waals surface area (Å²) in [5, 5.41) is 39.7. The minimum Gasteiger partial charge on any atom is -0.480 e. The Balaban J connectivity index is 2.56. The first-order valence-electron chi connectivity index (χ1n) is 5.59. The van der Waals surface area contributed by atoms with Gasteiger partial charge in [0, 0.05) is 6.92 Å². The van der Waals surface area contributed by atoms with Gasteiger partial charge >= 0.3 is 5.97 Å². The van der Waals surface area contributed by atoms with Gasteiger partial charge in [-0.2, -0.15) is 0 Å². The highest BCUT2D eigenvalue weighted by atomic mass is 16.6. The van der Waals surface area contributed by atoms with Crippen LogP contribution in [-0.2, 0) is 19.1 Å². The first-order valence-corrected chi connectivity index (χ1v) is 5.59. The Labute approximate surface area is 108 Å². The molecule has 9 nitrogen and oxygen atoms in total. The fourth-order valence-corrected chi connectivity index (χ4v) is 1.74. The lowest BCUT2D eigenvalue weighted by Crippen LogP contribution is -2.64. The Bertz CT molecular complexity index is 335. The number of aliphatic hydroxyl groups is 3.